The molecule has 3 N–H and O–H groups in total. The summed E-state index contributed by atoms with van der Waals surface area (Å²) >= 11 is 0. The maximum Gasteiger partial charge on any atom is 0.189 e. The maximum absolute atomic E-state index is 9.23. The number of aromatic amines is 2. The fourth-order valence-corrected chi connectivity index (χ4v) is 1.67. The lowest BCUT2D eigenvalue weighted by molar-refractivity contribution is 0.458. The molecule has 0 saturated heterocycles. The predicted molar refractivity (Wildman–Crippen MR) is 51.8 cm³/mol. The van der Waals surface area contributed by atoms with Crippen molar-refractivity contribution in [1.29, 1.82) is 0 Å². The van der Waals surface area contributed by atoms with Crippen molar-refractivity contribution in [3.05, 3.63) is 30.5 Å². The van der Waals surface area contributed by atoms with Crippen molar-refractivity contribution < 1.29 is 5.11 Å². The Hall–Kier alpha value is -1.90. The standard InChI is InChI=1S/C10H8N2O/c13-10-5-7-4-8-6(1-2-11-8)3-9(7)12-10/h1-5,11-13H. The summed E-state index contributed by atoms with van der Waals surface area (Å²) < 4.78 is 0. The van der Waals surface area contributed by atoms with E-state index in [9.17, 15) is 5.11 Å². The number of aromatic hydroxyl groups is 1. The highest BCUT2D eigenvalue weighted by atomic mass is 16.3. The molecule has 1 aromatic carbocycles. The van der Waals surface area contributed by atoms with E-state index in [4.69, 9.17) is 0 Å². The zero-order chi connectivity index (χ0) is 8.84. The third-order valence-corrected chi connectivity index (χ3v) is 2.28. The molecule has 0 unspecified atom stereocenters. The topological polar surface area (TPSA) is 51.8 Å². The molecule has 2 aromatic heterocycles. The molecule has 64 valence electrons. The minimum absolute atomic E-state index is 0.211. The molecule has 13 heavy (non-hydrogen) atoms. The quantitative estimate of drug-likeness (QED) is 0.479. The van der Waals surface area contributed by atoms with Gasteiger partial charge in [0.25, 0.3) is 0 Å². The van der Waals surface area contributed by atoms with Crippen LogP contribution in [0.2, 0.25) is 0 Å². The lowest BCUT2D eigenvalue weighted by atomic mass is 10.2. The van der Waals surface area contributed by atoms with Crippen LogP contribution in [-0.2, 0) is 0 Å². The van der Waals surface area contributed by atoms with Crippen LogP contribution >= 0.6 is 0 Å². The lowest BCUT2D eigenvalue weighted by Gasteiger charge is -1.90. The second-order valence-electron chi connectivity index (χ2n) is 3.16. The first kappa shape index (κ1) is 6.60. The number of H-pyrrole nitrogens is 2. The summed E-state index contributed by atoms with van der Waals surface area (Å²) in [6, 6.07) is 7.75. The van der Waals surface area contributed by atoms with E-state index >= 15 is 0 Å². The summed E-state index contributed by atoms with van der Waals surface area (Å²) in [4.78, 5) is 6.01. The minimum Gasteiger partial charge on any atom is -0.495 e. The van der Waals surface area contributed by atoms with Gasteiger partial charge in [0.05, 0.1) is 0 Å². The molecule has 3 aromatic rings. The monoisotopic (exact) mass is 172 g/mol. The highest BCUT2D eigenvalue weighted by Gasteiger charge is 2.01. The number of rotatable bonds is 0. The molecule has 0 radical (unpaired) electrons. The Morgan fingerprint density at radius 1 is 1.00 bits per heavy atom. The van der Waals surface area contributed by atoms with E-state index in [1.54, 1.807) is 6.07 Å². The van der Waals surface area contributed by atoms with Gasteiger partial charge in [-0.1, -0.05) is 0 Å². The summed E-state index contributed by atoms with van der Waals surface area (Å²) in [5, 5.41) is 11.4. The molecular weight excluding hydrogens is 164 g/mol. The Morgan fingerprint density at radius 3 is 2.77 bits per heavy atom. The van der Waals surface area contributed by atoms with Gasteiger partial charge in [-0.3, -0.25) is 0 Å². The number of nitrogens with one attached hydrogen (secondary N) is 2. The van der Waals surface area contributed by atoms with Gasteiger partial charge in [0, 0.05) is 34.1 Å². The maximum atomic E-state index is 9.23. The second-order valence-corrected chi connectivity index (χ2v) is 3.16. The van der Waals surface area contributed by atoms with Crippen LogP contribution in [0.25, 0.3) is 21.8 Å². The average molecular weight is 172 g/mol. The predicted octanol–water partition coefficient (Wildman–Crippen LogP) is 2.35. The Labute approximate surface area is 74.0 Å². The first-order valence-electron chi connectivity index (χ1n) is 4.12. The first-order valence-corrected chi connectivity index (χ1v) is 4.12. The van der Waals surface area contributed by atoms with Gasteiger partial charge < -0.3 is 15.1 Å². The highest BCUT2D eigenvalue weighted by Crippen LogP contribution is 2.24. The molecule has 0 aliphatic rings. The van der Waals surface area contributed by atoms with Gasteiger partial charge in [0.2, 0.25) is 0 Å². The summed E-state index contributed by atoms with van der Waals surface area (Å²) in [5.74, 6) is 0.211. The van der Waals surface area contributed by atoms with Crippen LogP contribution in [0.4, 0.5) is 0 Å². The molecule has 0 aliphatic heterocycles. The van der Waals surface area contributed by atoms with Gasteiger partial charge in [-0.2, -0.15) is 0 Å². The van der Waals surface area contributed by atoms with Gasteiger partial charge in [-0.05, 0) is 18.2 Å². The SMILES string of the molecule is Oc1cc2cc3[nH]ccc3cc2[nH]1. The van der Waals surface area contributed by atoms with E-state index in [1.807, 2.05) is 24.4 Å². The molecule has 2 heterocycles. The van der Waals surface area contributed by atoms with Crippen molar-refractivity contribution in [2.75, 3.05) is 0 Å². The Kier molecular flexibility index (Phi) is 1.05. The third kappa shape index (κ3) is 0.839. The zero-order valence-electron chi connectivity index (χ0n) is 6.83. The summed E-state index contributed by atoms with van der Waals surface area (Å²) in [6.45, 7) is 0. The Morgan fingerprint density at radius 2 is 1.85 bits per heavy atom. The Bertz CT molecular complexity index is 529. The third-order valence-electron chi connectivity index (χ3n) is 2.28. The van der Waals surface area contributed by atoms with Gasteiger partial charge in [0.15, 0.2) is 5.88 Å². The molecule has 0 saturated carbocycles. The van der Waals surface area contributed by atoms with Crippen molar-refractivity contribution in [2.24, 2.45) is 0 Å². The van der Waals surface area contributed by atoms with Crippen LogP contribution in [0.1, 0.15) is 0 Å². The normalized spacial score (nSPS) is 11.4. The number of aromatic nitrogens is 2. The zero-order valence-corrected chi connectivity index (χ0v) is 6.83. The van der Waals surface area contributed by atoms with Crippen LogP contribution in [0.5, 0.6) is 5.88 Å². The van der Waals surface area contributed by atoms with Crippen LogP contribution in [0.15, 0.2) is 30.5 Å². The molecular formula is C10H8N2O. The van der Waals surface area contributed by atoms with Crippen molar-refractivity contribution >= 4 is 21.8 Å². The van der Waals surface area contributed by atoms with Gasteiger partial charge >= 0.3 is 0 Å². The molecule has 3 nitrogen and oxygen atoms in total. The average Bonchev–Trinajstić information content (AvgIpc) is 2.63. The summed E-state index contributed by atoms with van der Waals surface area (Å²) in [6.07, 6.45) is 1.91. The smallest absolute Gasteiger partial charge is 0.189 e. The van der Waals surface area contributed by atoms with Gasteiger partial charge in [-0.25, -0.2) is 0 Å². The molecule has 0 aliphatic carbocycles. The van der Waals surface area contributed by atoms with Crippen LogP contribution in [-0.4, -0.2) is 15.1 Å². The number of fused-ring (bicyclic) bond motifs is 2. The first-order chi connectivity index (χ1) is 6.33. The van der Waals surface area contributed by atoms with E-state index in [1.165, 1.54) is 0 Å². The number of hydrogen-bond acceptors (Lipinski definition) is 1. The van der Waals surface area contributed by atoms with Crippen LogP contribution in [0.3, 0.4) is 0 Å². The molecule has 0 spiro atoms. The van der Waals surface area contributed by atoms with E-state index < -0.39 is 0 Å². The van der Waals surface area contributed by atoms with E-state index in [0.717, 1.165) is 21.8 Å². The fraction of sp³-hybridized carbons (Fsp3) is 0. The second kappa shape index (κ2) is 2.07. The van der Waals surface area contributed by atoms with Gasteiger partial charge in [-0.15, -0.1) is 0 Å². The van der Waals surface area contributed by atoms with E-state index in [2.05, 4.69) is 9.97 Å². The molecule has 0 atom stereocenters. The molecule has 0 fully saturated rings. The molecule has 3 heteroatoms. The van der Waals surface area contributed by atoms with Crippen molar-refractivity contribution in [3.8, 4) is 5.88 Å². The highest BCUT2D eigenvalue weighted by molar-refractivity contribution is 5.95. The number of hydrogen-bond donors (Lipinski definition) is 3. The molecule has 0 bridgehead atoms. The molecule has 3 rings (SSSR count). The summed E-state index contributed by atoms with van der Waals surface area (Å²) in [7, 11) is 0. The van der Waals surface area contributed by atoms with Crippen molar-refractivity contribution in [3.63, 3.8) is 0 Å². The minimum atomic E-state index is 0.211. The number of benzene rings is 1. The lowest BCUT2D eigenvalue weighted by Crippen LogP contribution is -1.69. The van der Waals surface area contributed by atoms with Crippen LogP contribution in [0, 0.1) is 0 Å². The van der Waals surface area contributed by atoms with E-state index in [0.29, 0.717) is 0 Å². The van der Waals surface area contributed by atoms with Crippen molar-refractivity contribution in [1.82, 2.24) is 9.97 Å². The summed E-state index contributed by atoms with van der Waals surface area (Å²) in [5.41, 5.74) is 2.05. The largest absolute Gasteiger partial charge is 0.495 e. The fourth-order valence-electron chi connectivity index (χ4n) is 1.67. The van der Waals surface area contributed by atoms with Crippen molar-refractivity contribution in [2.45, 2.75) is 0 Å². The van der Waals surface area contributed by atoms with Crippen LogP contribution < -0.4 is 0 Å². The Balaban J connectivity index is 2.54. The van der Waals surface area contributed by atoms with E-state index in [-0.39, 0.29) is 5.88 Å². The van der Waals surface area contributed by atoms with Gasteiger partial charge in [0.1, 0.15) is 0 Å². The molecule has 0 amide bonds.